The van der Waals surface area contributed by atoms with E-state index in [0.717, 1.165) is 0 Å². The normalized spacial score (nSPS) is 23.5. The minimum atomic E-state index is -0.515. The Balaban J connectivity index is 0.000000320. The fourth-order valence-corrected chi connectivity index (χ4v) is 2.65. The summed E-state index contributed by atoms with van der Waals surface area (Å²) < 4.78 is 19.8. The van der Waals surface area contributed by atoms with Gasteiger partial charge in [0.1, 0.15) is 11.2 Å². The summed E-state index contributed by atoms with van der Waals surface area (Å²) in [4.78, 5) is 45.2. The van der Waals surface area contributed by atoms with Crippen LogP contribution < -0.4 is 10.6 Å². The number of ether oxygens (including phenoxy) is 4. The summed E-state index contributed by atoms with van der Waals surface area (Å²) in [6.07, 6.45) is 0.310. The highest BCUT2D eigenvalue weighted by Gasteiger charge is 2.46. The Morgan fingerprint density at radius 3 is 1.25 bits per heavy atom. The Hall–Kier alpha value is -2.52. The zero-order chi connectivity index (χ0) is 24.7. The van der Waals surface area contributed by atoms with Gasteiger partial charge in [-0.15, -0.1) is 0 Å². The molecule has 2 aliphatic rings. The first-order valence-corrected chi connectivity index (χ1v) is 11.0. The van der Waals surface area contributed by atoms with E-state index in [-0.39, 0.29) is 35.9 Å². The quantitative estimate of drug-likeness (QED) is 0.459. The van der Waals surface area contributed by atoms with Crippen molar-refractivity contribution >= 4 is 24.1 Å². The second-order valence-electron chi connectivity index (χ2n) is 9.69. The van der Waals surface area contributed by atoms with Crippen LogP contribution in [0.2, 0.25) is 0 Å². The Morgan fingerprint density at radius 2 is 1.00 bits per heavy atom. The largest absolute Gasteiger partial charge is 0.466 e. The SMILES string of the molecule is CCOC(=O)[C@@H]1C[C@@H]1NC(=O)OC(C)(C)C.CCOC(=O)[C@H]1C[C@H]1NC(=O)OC(C)(C)C. The van der Waals surface area contributed by atoms with Crippen molar-refractivity contribution in [3.05, 3.63) is 0 Å². The van der Waals surface area contributed by atoms with Gasteiger partial charge < -0.3 is 29.6 Å². The third kappa shape index (κ3) is 11.2. The van der Waals surface area contributed by atoms with Crippen LogP contribution in [0.5, 0.6) is 0 Å². The van der Waals surface area contributed by atoms with Gasteiger partial charge in [-0.3, -0.25) is 9.59 Å². The lowest BCUT2D eigenvalue weighted by Gasteiger charge is -2.19. The van der Waals surface area contributed by atoms with Crippen LogP contribution in [0.3, 0.4) is 0 Å². The standard InChI is InChI=1S/2C11H19NO4/c2*1-5-15-9(13)7-6-8(7)12-10(14)16-11(2,3)4/h2*7-8H,5-6H2,1-4H3,(H,12,14)/t2*7-,8+/m10/s1. The second-order valence-corrected chi connectivity index (χ2v) is 9.69. The summed E-state index contributed by atoms with van der Waals surface area (Å²) in [5, 5.41) is 5.28. The third-order valence-corrected chi connectivity index (χ3v) is 4.16. The van der Waals surface area contributed by atoms with Crippen molar-refractivity contribution in [3.63, 3.8) is 0 Å². The van der Waals surface area contributed by atoms with Gasteiger partial charge in [0.15, 0.2) is 0 Å². The van der Waals surface area contributed by atoms with Crippen molar-refractivity contribution in [1.82, 2.24) is 10.6 Å². The maximum atomic E-state index is 11.3. The van der Waals surface area contributed by atoms with Gasteiger partial charge in [-0.2, -0.15) is 0 Å². The number of hydrogen-bond acceptors (Lipinski definition) is 8. The van der Waals surface area contributed by atoms with E-state index in [1.165, 1.54) is 0 Å². The van der Waals surface area contributed by atoms with Crippen molar-refractivity contribution in [2.45, 2.75) is 91.5 Å². The molecule has 184 valence electrons. The fourth-order valence-electron chi connectivity index (χ4n) is 2.65. The van der Waals surface area contributed by atoms with Gasteiger partial charge in [0, 0.05) is 12.1 Å². The molecule has 0 aromatic carbocycles. The number of carbonyl (C=O) groups excluding carboxylic acids is 4. The maximum absolute atomic E-state index is 11.3. The molecule has 2 fully saturated rings. The molecule has 2 saturated carbocycles. The zero-order valence-corrected chi connectivity index (χ0v) is 20.4. The molecular weight excluding hydrogens is 420 g/mol. The van der Waals surface area contributed by atoms with E-state index in [4.69, 9.17) is 18.9 Å². The highest BCUT2D eigenvalue weighted by Crippen LogP contribution is 2.32. The van der Waals surface area contributed by atoms with Crippen molar-refractivity contribution < 1.29 is 38.1 Å². The number of amides is 2. The predicted octanol–water partition coefficient (Wildman–Crippen LogP) is 2.93. The average Bonchev–Trinajstić information content (AvgIpc) is 3.49. The molecular formula is C22H38N2O8. The van der Waals surface area contributed by atoms with E-state index in [1.54, 1.807) is 55.4 Å². The Kier molecular flexibility index (Phi) is 9.78. The molecule has 0 radical (unpaired) electrons. The van der Waals surface area contributed by atoms with Crippen LogP contribution in [0.15, 0.2) is 0 Å². The van der Waals surface area contributed by atoms with E-state index >= 15 is 0 Å². The molecule has 2 amide bonds. The van der Waals surface area contributed by atoms with Crippen molar-refractivity contribution in [1.29, 1.82) is 0 Å². The van der Waals surface area contributed by atoms with Gasteiger partial charge >= 0.3 is 24.1 Å². The first-order chi connectivity index (χ1) is 14.7. The van der Waals surface area contributed by atoms with Crippen molar-refractivity contribution in [3.8, 4) is 0 Å². The van der Waals surface area contributed by atoms with Gasteiger partial charge in [0.05, 0.1) is 25.0 Å². The monoisotopic (exact) mass is 458 g/mol. The minimum Gasteiger partial charge on any atom is -0.466 e. The molecule has 0 aromatic rings. The van der Waals surface area contributed by atoms with Gasteiger partial charge in [0.25, 0.3) is 0 Å². The summed E-state index contributed by atoms with van der Waals surface area (Å²) in [6.45, 7) is 15.0. The third-order valence-electron chi connectivity index (χ3n) is 4.16. The molecule has 0 bridgehead atoms. The van der Waals surface area contributed by atoms with Gasteiger partial charge in [0.2, 0.25) is 0 Å². The van der Waals surface area contributed by atoms with Crippen molar-refractivity contribution in [2.75, 3.05) is 13.2 Å². The van der Waals surface area contributed by atoms with Crippen LogP contribution in [0.1, 0.15) is 68.2 Å². The van der Waals surface area contributed by atoms with Crippen LogP contribution in [0.4, 0.5) is 9.59 Å². The molecule has 2 rings (SSSR count). The van der Waals surface area contributed by atoms with Crippen LogP contribution in [0, 0.1) is 11.8 Å². The van der Waals surface area contributed by atoms with E-state index < -0.39 is 23.4 Å². The Bertz CT molecular complexity index is 622. The molecule has 32 heavy (non-hydrogen) atoms. The van der Waals surface area contributed by atoms with Crippen LogP contribution in [-0.4, -0.2) is 60.6 Å². The first-order valence-electron chi connectivity index (χ1n) is 11.0. The van der Waals surface area contributed by atoms with Gasteiger partial charge in [-0.1, -0.05) is 0 Å². The molecule has 0 heterocycles. The molecule has 0 unspecified atom stereocenters. The molecule has 0 aliphatic heterocycles. The average molecular weight is 459 g/mol. The van der Waals surface area contributed by atoms with Gasteiger partial charge in [-0.25, -0.2) is 9.59 Å². The lowest BCUT2D eigenvalue weighted by molar-refractivity contribution is -0.145. The zero-order valence-electron chi connectivity index (χ0n) is 20.4. The van der Waals surface area contributed by atoms with Crippen LogP contribution in [-0.2, 0) is 28.5 Å². The van der Waals surface area contributed by atoms with Crippen LogP contribution in [0.25, 0.3) is 0 Å². The molecule has 2 N–H and O–H groups in total. The summed E-state index contributed by atoms with van der Waals surface area (Å²) in [7, 11) is 0. The summed E-state index contributed by atoms with van der Waals surface area (Å²) in [6, 6.07) is -0.261. The Morgan fingerprint density at radius 1 is 0.688 bits per heavy atom. The number of hydrogen-bond donors (Lipinski definition) is 2. The topological polar surface area (TPSA) is 129 Å². The lowest BCUT2D eigenvalue weighted by atomic mass is 10.2. The molecule has 10 heteroatoms. The summed E-state index contributed by atoms with van der Waals surface area (Å²) >= 11 is 0. The maximum Gasteiger partial charge on any atom is 0.407 e. The first kappa shape index (κ1) is 27.5. The summed E-state index contributed by atoms with van der Waals surface area (Å²) in [5.74, 6) is -0.896. The number of alkyl carbamates (subject to hydrolysis) is 2. The smallest absolute Gasteiger partial charge is 0.407 e. The van der Waals surface area contributed by atoms with Crippen LogP contribution >= 0.6 is 0 Å². The van der Waals surface area contributed by atoms with E-state index in [2.05, 4.69) is 10.6 Å². The molecule has 0 saturated heterocycles. The number of esters is 2. The van der Waals surface area contributed by atoms with E-state index in [0.29, 0.717) is 26.1 Å². The number of carbonyl (C=O) groups is 4. The van der Waals surface area contributed by atoms with E-state index in [1.807, 2.05) is 0 Å². The molecule has 10 nitrogen and oxygen atoms in total. The van der Waals surface area contributed by atoms with E-state index in [9.17, 15) is 19.2 Å². The molecule has 0 spiro atoms. The second kappa shape index (κ2) is 11.4. The minimum absolute atomic E-state index is 0.131. The highest BCUT2D eigenvalue weighted by atomic mass is 16.6. The fraction of sp³-hybridized carbons (Fsp3) is 0.818. The predicted molar refractivity (Wildman–Crippen MR) is 116 cm³/mol. The van der Waals surface area contributed by atoms with Gasteiger partial charge in [-0.05, 0) is 68.2 Å². The lowest BCUT2D eigenvalue weighted by Crippen LogP contribution is -2.35. The van der Waals surface area contributed by atoms with Crippen molar-refractivity contribution in [2.24, 2.45) is 11.8 Å². The number of rotatable bonds is 6. The molecule has 4 atom stereocenters. The Labute approximate surface area is 190 Å². The molecule has 2 aliphatic carbocycles. The highest BCUT2D eigenvalue weighted by molar-refractivity contribution is 5.79. The summed E-state index contributed by atoms with van der Waals surface area (Å²) in [5.41, 5.74) is -1.03. The molecule has 0 aromatic heterocycles. The number of nitrogens with one attached hydrogen (secondary N) is 2.